The zero-order valence-electron chi connectivity index (χ0n) is 11.3. The molecule has 0 saturated carbocycles. The molecule has 0 aliphatic rings. The van der Waals surface area contributed by atoms with Crippen LogP contribution in [0.5, 0.6) is 0 Å². The lowest BCUT2D eigenvalue weighted by Crippen LogP contribution is -2.15. The third-order valence-corrected chi connectivity index (χ3v) is 2.91. The fourth-order valence-corrected chi connectivity index (χ4v) is 1.90. The summed E-state index contributed by atoms with van der Waals surface area (Å²) in [6, 6.07) is 6.33. The standard InChI is InChI=1S/C13H11F6N3/c1-20-9-4-2-3-8(5-9)7-22-11(13(17,18)19)6-10(21-22)12(14,15)16/h2-6,20H,7H2,1H3. The molecular formula is C13H11F6N3. The van der Waals surface area contributed by atoms with Gasteiger partial charge in [-0.1, -0.05) is 12.1 Å². The summed E-state index contributed by atoms with van der Waals surface area (Å²) in [6.07, 6.45) is -9.85. The molecule has 2 aromatic rings. The van der Waals surface area contributed by atoms with Gasteiger partial charge in [0.25, 0.3) is 0 Å². The minimum Gasteiger partial charge on any atom is -0.388 e. The first kappa shape index (κ1) is 16.2. The summed E-state index contributed by atoms with van der Waals surface area (Å²) in [4.78, 5) is 0. The van der Waals surface area contributed by atoms with Gasteiger partial charge in [-0.05, 0) is 17.7 Å². The van der Waals surface area contributed by atoms with Crippen molar-refractivity contribution in [3.63, 3.8) is 0 Å². The van der Waals surface area contributed by atoms with Crippen LogP contribution in [0.1, 0.15) is 17.0 Å². The molecule has 0 amide bonds. The molecule has 1 aromatic carbocycles. The van der Waals surface area contributed by atoms with Crippen LogP contribution in [0.3, 0.4) is 0 Å². The predicted molar refractivity (Wildman–Crippen MR) is 67.3 cm³/mol. The maximum Gasteiger partial charge on any atom is 0.435 e. The molecule has 0 spiro atoms. The lowest BCUT2D eigenvalue weighted by molar-refractivity contribution is -0.144. The van der Waals surface area contributed by atoms with Gasteiger partial charge in [0.05, 0.1) is 6.54 Å². The largest absolute Gasteiger partial charge is 0.435 e. The van der Waals surface area contributed by atoms with Gasteiger partial charge >= 0.3 is 12.4 Å². The lowest BCUT2D eigenvalue weighted by Gasteiger charge is -2.11. The van der Waals surface area contributed by atoms with Crippen LogP contribution >= 0.6 is 0 Å². The Labute approximate surface area is 121 Å². The molecule has 1 N–H and O–H groups in total. The summed E-state index contributed by atoms with van der Waals surface area (Å²) in [6.45, 7) is -0.416. The third-order valence-electron chi connectivity index (χ3n) is 2.91. The van der Waals surface area contributed by atoms with Crippen molar-refractivity contribution in [1.29, 1.82) is 0 Å². The molecule has 0 aliphatic heterocycles. The van der Waals surface area contributed by atoms with E-state index in [-0.39, 0.29) is 6.07 Å². The van der Waals surface area contributed by atoms with Gasteiger partial charge in [0.15, 0.2) is 5.69 Å². The maximum absolute atomic E-state index is 12.9. The number of nitrogens with zero attached hydrogens (tertiary/aromatic N) is 2. The molecule has 0 saturated heterocycles. The van der Waals surface area contributed by atoms with Crippen LogP contribution in [0.4, 0.5) is 32.0 Å². The highest BCUT2D eigenvalue weighted by molar-refractivity contribution is 5.45. The summed E-state index contributed by atoms with van der Waals surface area (Å²) in [7, 11) is 1.62. The molecule has 2 rings (SSSR count). The smallest absolute Gasteiger partial charge is 0.388 e. The van der Waals surface area contributed by atoms with Gasteiger partial charge < -0.3 is 5.32 Å². The van der Waals surface area contributed by atoms with Gasteiger partial charge in [-0.15, -0.1) is 0 Å². The molecule has 0 fully saturated rings. The quantitative estimate of drug-likeness (QED) is 0.865. The topological polar surface area (TPSA) is 29.9 Å². The molecule has 0 aliphatic carbocycles. The van der Waals surface area contributed by atoms with E-state index >= 15 is 0 Å². The normalized spacial score (nSPS) is 12.5. The molecule has 22 heavy (non-hydrogen) atoms. The van der Waals surface area contributed by atoms with E-state index in [0.717, 1.165) is 0 Å². The molecule has 120 valence electrons. The number of benzene rings is 1. The Morgan fingerprint density at radius 3 is 2.27 bits per heavy atom. The van der Waals surface area contributed by atoms with E-state index in [2.05, 4.69) is 10.4 Å². The van der Waals surface area contributed by atoms with Crippen molar-refractivity contribution in [2.24, 2.45) is 0 Å². The minimum atomic E-state index is -4.93. The predicted octanol–water partition coefficient (Wildman–Crippen LogP) is 4.01. The lowest BCUT2D eigenvalue weighted by atomic mass is 10.2. The Hall–Kier alpha value is -2.19. The van der Waals surface area contributed by atoms with Crippen molar-refractivity contribution in [1.82, 2.24) is 9.78 Å². The highest BCUT2D eigenvalue weighted by atomic mass is 19.4. The third kappa shape index (κ3) is 3.52. The Bertz CT molecular complexity index is 657. The first-order chi connectivity index (χ1) is 10.1. The first-order valence-corrected chi connectivity index (χ1v) is 6.10. The molecule has 9 heteroatoms. The molecular weight excluding hydrogens is 312 g/mol. The average molecular weight is 323 g/mol. The van der Waals surface area contributed by atoms with Crippen molar-refractivity contribution in [2.75, 3.05) is 12.4 Å². The second kappa shape index (κ2) is 5.54. The van der Waals surface area contributed by atoms with Crippen LogP contribution in [0.25, 0.3) is 0 Å². The zero-order chi connectivity index (χ0) is 16.5. The van der Waals surface area contributed by atoms with E-state index in [1.165, 1.54) is 12.1 Å². The van der Waals surface area contributed by atoms with Gasteiger partial charge in [0.2, 0.25) is 0 Å². The molecule has 3 nitrogen and oxygen atoms in total. The fraction of sp³-hybridized carbons (Fsp3) is 0.308. The number of halogens is 6. The van der Waals surface area contributed by atoms with Crippen LogP contribution in [0.2, 0.25) is 0 Å². The van der Waals surface area contributed by atoms with E-state index in [4.69, 9.17) is 0 Å². The van der Waals surface area contributed by atoms with E-state index in [9.17, 15) is 26.3 Å². The highest BCUT2D eigenvalue weighted by Gasteiger charge is 2.41. The monoisotopic (exact) mass is 323 g/mol. The number of aromatic nitrogens is 2. The number of anilines is 1. The maximum atomic E-state index is 12.9. The van der Waals surface area contributed by atoms with Gasteiger partial charge in [-0.2, -0.15) is 31.4 Å². The number of nitrogens with one attached hydrogen (secondary N) is 1. The van der Waals surface area contributed by atoms with Crippen molar-refractivity contribution in [3.05, 3.63) is 47.3 Å². The van der Waals surface area contributed by atoms with E-state index in [1.807, 2.05) is 0 Å². The summed E-state index contributed by atoms with van der Waals surface area (Å²) in [5.74, 6) is 0. The summed E-state index contributed by atoms with van der Waals surface area (Å²) in [5, 5.41) is 5.85. The average Bonchev–Trinajstić information content (AvgIpc) is 2.83. The number of alkyl halides is 6. The summed E-state index contributed by atoms with van der Waals surface area (Å²) in [5.41, 5.74) is -1.97. The van der Waals surface area contributed by atoms with Crippen molar-refractivity contribution in [2.45, 2.75) is 18.9 Å². The van der Waals surface area contributed by atoms with Crippen molar-refractivity contribution < 1.29 is 26.3 Å². The van der Waals surface area contributed by atoms with Gasteiger partial charge in [-0.25, -0.2) is 0 Å². The Morgan fingerprint density at radius 2 is 1.73 bits per heavy atom. The minimum absolute atomic E-state index is 0.0158. The van der Waals surface area contributed by atoms with Crippen molar-refractivity contribution in [3.8, 4) is 0 Å². The molecule has 1 heterocycles. The van der Waals surface area contributed by atoms with Crippen LogP contribution < -0.4 is 5.32 Å². The summed E-state index contributed by atoms with van der Waals surface area (Å²) < 4.78 is 76.6. The number of hydrogen-bond acceptors (Lipinski definition) is 2. The van der Waals surface area contributed by atoms with Crippen LogP contribution in [0.15, 0.2) is 30.3 Å². The Morgan fingerprint density at radius 1 is 1.05 bits per heavy atom. The second-order valence-electron chi connectivity index (χ2n) is 4.52. The first-order valence-electron chi connectivity index (χ1n) is 6.10. The van der Waals surface area contributed by atoms with Crippen LogP contribution in [-0.4, -0.2) is 16.8 Å². The van der Waals surface area contributed by atoms with Gasteiger partial charge in [0, 0.05) is 18.8 Å². The van der Waals surface area contributed by atoms with Gasteiger partial charge in [0.1, 0.15) is 5.69 Å². The zero-order valence-corrected chi connectivity index (χ0v) is 11.3. The molecule has 0 atom stereocenters. The highest BCUT2D eigenvalue weighted by Crippen LogP contribution is 2.35. The summed E-state index contributed by atoms with van der Waals surface area (Å²) >= 11 is 0. The molecule has 0 unspecified atom stereocenters. The van der Waals surface area contributed by atoms with Gasteiger partial charge in [-0.3, -0.25) is 4.68 Å². The Kier molecular flexibility index (Phi) is 4.08. The van der Waals surface area contributed by atoms with E-state index in [1.54, 1.807) is 19.2 Å². The Balaban J connectivity index is 2.42. The molecule has 0 radical (unpaired) electrons. The van der Waals surface area contributed by atoms with Crippen LogP contribution in [-0.2, 0) is 18.9 Å². The molecule has 0 bridgehead atoms. The fourth-order valence-electron chi connectivity index (χ4n) is 1.90. The second-order valence-corrected chi connectivity index (χ2v) is 4.52. The SMILES string of the molecule is CNc1cccc(Cn2nc(C(F)(F)F)cc2C(F)(F)F)c1. The number of hydrogen-bond donors (Lipinski definition) is 1. The molecule has 1 aromatic heterocycles. The van der Waals surface area contributed by atoms with Crippen LogP contribution in [0, 0.1) is 0 Å². The number of rotatable bonds is 3. The van der Waals surface area contributed by atoms with E-state index in [0.29, 0.717) is 15.9 Å². The van der Waals surface area contributed by atoms with E-state index < -0.39 is 30.3 Å². The van der Waals surface area contributed by atoms with Crippen molar-refractivity contribution >= 4 is 5.69 Å².